The lowest BCUT2D eigenvalue weighted by atomic mass is 10.0. The molecule has 162 valence electrons. The average molecular weight is 435 g/mol. The molecule has 1 fully saturated rings. The Labute approximate surface area is 190 Å². The first kappa shape index (κ1) is 21.3. The molecule has 0 saturated carbocycles. The van der Waals surface area contributed by atoms with Gasteiger partial charge in [-0.1, -0.05) is 6.07 Å². The second-order valence-corrected chi connectivity index (χ2v) is 8.72. The standard InChI is InChI=1S/C24H30N6S/c1-27(2)16-17-30-23(22(26-24(30)31)20-8-5-6-14-25-20)21-9-7-15-29(21)19-12-10-18(11-13-19)28(3)4/h5-15,22-23H,16-17H2,1-4H3,(H,26,31)/t22-,23-/m0/s1. The van der Waals surface area contributed by atoms with Crippen LogP contribution in [0.4, 0.5) is 5.69 Å². The fourth-order valence-corrected chi connectivity index (χ4v) is 4.39. The van der Waals surface area contributed by atoms with Crippen LogP contribution in [0.25, 0.3) is 5.69 Å². The highest BCUT2D eigenvalue weighted by Crippen LogP contribution is 2.39. The van der Waals surface area contributed by atoms with Crippen molar-refractivity contribution in [3.8, 4) is 5.69 Å². The Bertz CT molecular complexity index is 1010. The highest BCUT2D eigenvalue weighted by atomic mass is 32.1. The van der Waals surface area contributed by atoms with Gasteiger partial charge >= 0.3 is 0 Å². The number of likely N-dealkylation sites (N-methyl/N-ethyl adjacent to an activating group) is 1. The summed E-state index contributed by atoms with van der Waals surface area (Å²) in [6.45, 7) is 1.77. The molecular weight excluding hydrogens is 404 g/mol. The number of hydrogen-bond donors (Lipinski definition) is 1. The minimum absolute atomic E-state index is 0.00874. The molecule has 7 heteroatoms. The van der Waals surface area contributed by atoms with Crippen molar-refractivity contribution in [1.82, 2.24) is 24.7 Å². The molecule has 0 aliphatic carbocycles. The summed E-state index contributed by atoms with van der Waals surface area (Å²) in [5, 5.41) is 4.32. The Balaban J connectivity index is 1.74. The molecule has 0 amide bonds. The van der Waals surface area contributed by atoms with Gasteiger partial charge in [0.25, 0.3) is 0 Å². The molecule has 1 aliphatic heterocycles. The first-order valence-electron chi connectivity index (χ1n) is 10.5. The van der Waals surface area contributed by atoms with Crippen LogP contribution in [-0.2, 0) is 0 Å². The van der Waals surface area contributed by atoms with Gasteiger partial charge in [0.15, 0.2) is 5.11 Å². The first-order chi connectivity index (χ1) is 15.0. The SMILES string of the molecule is CN(C)CCN1C(=S)N[C@@H](c2ccccn2)[C@@H]1c1cccn1-c1ccc(N(C)C)cc1. The van der Waals surface area contributed by atoms with Crippen molar-refractivity contribution in [3.63, 3.8) is 0 Å². The lowest BCUT2D eigenvalue weighted by molar-refractivity contribution is 0.272. The molecule has 0 spiro atoms. The summed E-state index contributed by atoms with van der Waals surface area (Å²) >= 11 is 5.78. The molecule has 31 heavy (non-hydrogen) atoms. The normalized spacial score (nSPS) is 18.5. The predicted octanol–water partition coefficient (Wildman–Crippen LogP) is 3.47. The van der Waals surface area contributed by atoms with Gasteiger partial charge in [-0.05, 0) is 74.8 Å². The van der Waals surface area contributed by atoms with E-state index in [-0.39, 0.29) is 12.1 Å². The lowest BCUT2D eigenvalue weighted by Crippen LogP contribution is -2.36. The lowest BCUT2D eigenvalue weighted by Gasteiger charge is -2.30. The fourth-order valence-electron chi connectivity index (χ4n) is 4.06. The topological polar surface area (TPSA) is 39.6 Å². The van der Waals surface area contributed by atoms with Crippen LogP contribution >= 0.6 is 12.2 Å². The zero-order valence-corrected chi connectivity index (χ0v) is 19.4. The maximum Gasteiger partial charge on any atom is 0.170 e. The third-order valence-electron chi connectivity index (χ3n) is 5.71. The summed E-state index contributed by atoms with van der Waals surface area (Å²) < 4.78 is 2.26. The van der Waals surface area contributed by atoms with Gasteiger partial charge in [0, 0.05) is 56.6 Å². The van der Waals surface area contributed by atoms with E-state index < -0.39 is 0 Å². The van der Waals surface area contributed by atoms with E-state index in [9.17, 15) is 0 Å². The third-order valence-corrected chi connectivity index (χ3v) is 6.07. The number of nitrogens with one attached hydrogen (secondary N) is 1. The van der Waals surface area contributed by atoms with Gasteiger partial charge < -0.3 is 24.6 Å². The van der Waals surface area contributed by atoms with Crippen molar-refractivity contribution < 1.29 is 0 Å². The summed E-state index contributed by atoms with van der Waals surface area (Å²) in [5.74, 6) is 0. The number of anilines is 1. The number of nitrogens with zero attached hydrogens (tertiary/aromatic N) is 5. The van der Waals surface area contributed by atoms with Crippen molar-refractivity contribution in [1.29, 1.82) is 0 Å². The second kappa shape index (κ2) is 9.08. The van der Waals surface area contributed by atoms with Crippen molar-refractivity contribution in [2.75, 3.05) is 46.2 Å². The second-order valence-electron chi connectivity index (χ2n) is 8.34. The number of rotatable bonds is 7. The van der Waals surface area contributed by atoms with Crippen LogP contribution in [0.3, 0.4) is 0 Å². The molecule has 2 aromatic heterocycles. The van der Waals surface area contributed by atoms with Crippen LogP contribution in [0.15, 0.2) is 67.0 Å². The molecular formula is C24H30N6S. The largest absolute Gasteiger partial charge is 0.378 e. The number of pyridine rings is 1. The molecule has 0 radical (unpaired) electrons. The summed E-state index contributed by atoms with van der Waals surface area (Å²) in [6, 6.07) is 19.0. The smallest absolute Gasteiger partial charge is 0.170 e. The molecule has 1 N–H and O–H groups in total. The maximum atomic E-state index is 5.78. The quantitative estimate of drug-likeness (QED) is 0.574. The van der Waals surface area contributed by atoms with E-state index in [1.54, 1.807) is 0 Å². The Morgan fingerprint density at radius 1 is 1.00 bits per heavy atom. The molecule has 2 atom stereocenters. The van der Waals surface area contributed by atoms with Gasteiger partial charge in [0.1, 0.15) is 0 Å². The predicted molar refractivity (Wildman–Crippen MR) is 131 cm³/mol. The molecule has 6 nitrogen and oxygen atoms in total. The number of thiocarbonyl (C=S) groups is 1. The summed E-state index contributed by atoms with van der Waals surface area (Å²) in [6.07, 6.45) is 3.97. The molecule has 0 bridgehead atoms. The van der Waals surface area contributed by atoms with Crippen LogP contribution in [-0.4, -0.2) is 65.7 Å². The van der Waals surface area contributed by atoms with Crippen molar-refractivity contribution in [2.24, 2.45) is 0 Å². The van der Waals surface area contributed by atoms with Gasteiger partial charge in [0.05, 0.1) is 17.8 Å². The highest BCUT2D eigenvalue weighted by molar-refractivity contribution is 7.80. The Morgan fingerprint density at radius 2 is 1.77 bits per heavy atom. The summed E-state index contributed by atoms with van der Waals surface area (Å²) in [7, 11) is 8.29. The van der Waals surface area contributed by atoms with Crippen LogP contribution in [0.1, 0.15) is 23.5 Å². The van der Waals surface area contributed by atoms with Crippen LogP contribution in [0.2, 0.25) is 0 Å². The van der Waals surface area contributed by atoms with Gasteiger partial charge in [-0.3, -0.25) is 4.98 Å². The number of aromatic nitrogens is 2. The van der Waals surface area contributed by atoms with Crippen LogP contribution in [0.5, 0.6) is 0 Å². The zero-order chi connectivity index (χ0) is 22.0. The fraction of sp³-hybridized carbons (Fsp3) is 0.333. The highest BCUT2D eigenvalue weighted by Gasteiger charge is 2.41. The third kappa shape index (κ3) is 4.43. The minimum atomic E-state index is -0.00874. The zero-order valence-electron chi connectivity index (χ0n) is 18.6. The molecule has 4 rings (SSSR count). The summed E-state index contributed by atoms with van der Waals surface area (Å²) in [5.41, 5.74) is 4.51. The first-order valence-corrected chi connectivity index (χ1v) is 10.9. The van der Waals surface area contributed by atoms with Crippen molar-refractivity contribution >= 4 is 23.0 Å². The average Bonchev–Trinajstić information content (AvgIpc) is 3.37. The molecule has 3 heterocycles. The van der Waals surface area contributed by atoms with Gasteiger partial charge in [-0.15, -0.1) is 0 Å². The van der Waals surface area contributed by atoms with E-state index in [0.29, 0.717) is 0 Å². The molecule has 3 aromatic rings. The van der Waals surface area contributed by atoms with Gasteiger partial charge in [-0.25, -0.2) is 0 Å². The number of hydrogen-bond acceptors (Lipinski definition) is 4. The van der Waals surface area contributed by atoms with E-state index in [0.717, 1.165) is 29.6 Å². The summed E-state index contributed by atoms with van der Waals surface area (Å²) in [4.78, 5) is 11.2. The maximum absolute atomic E-state index is 5.78. The van der Waals surface area contributed by atoms with Gasteiger partial charge in [0.2, 0.25) is 0 Å². The van der Waals surface area contributed by atoms with Gasteiger partial charge in [-0.2, -0.15) is 0 Å². The minimum Gasteiger partial charge on any atom is -0.378 e. The van der Waals surface area contributed by atoms with E-state index in [1.807, 2.05) is 18.3 Å². The molecule has 1 aromatic carbocycles. The van der Waals surface area contributed by atoms with Crippen molar-refractivity contribution in [2.45, 2.75) is 12.1 Å². The van der Waals surface area contributed by atoms with Crippen LogP contribution < -0.4 is 10.2 Å². The Kier molecular flexibility index (Phi) is 6.25. The van der Waals surface area contributed by atoms with E-state index in [1.165, 1.54) is 11.4 Å². The molecule has 0 unspecified atom stereocenters. The van der Waals surface area contributed by atoms with Crippen molar-refractivity contribution in [3.05, 3.63) is 78.4 Å². The molecule has 1 aliphatic rings. The monoisotopic (exact) mass is 434 g/mol. The molecule has 1 saturated heterocycles. The van der Waals surface area contributed by atoms with Crippen LogP contribution in [0, 0.1) is 0 Å². The number of benzene rings is 1. The van der Waals surface area contributed by atoms with E-state index in [4.69, 9.17) is 12.2 Å². The van der Waals surface area contributed by atoms with E-state index in [2.05, 4.69) is 106 Å². The van der Waals surface area contributed by atoms with E-state index >= 15 is 0 Å². The Morgan fingerprint density at radius 3 is 2.42 bits per heavy atom. The Hall–Kier alpha value is -2.90.